The third-order valence-corrected chi connectivity index (χ3v) is 3.77. The molecule has 0 unspecified atom stereocenters. The normalized spacial score (nSPS) is 14.6. The SMILES string of the molecule is O=C(NCc1ccncc1)c1cc(N2CCCCC2)ncn1. The Morgan fingerprint density at radius 3 is 2.68 bits per heavy atom. The van der Waals surface area contributed by atoms with E-state index < -0.39 is 0 Å². The van der Waals surface area contributed by atoms with Gasteiger partial charge in [-0.05, 0) is 37.0 Å². The van der Waals surface area contributed by atoms with E-state index in [1.54, 1.807) is 18.5 Å². The number of nitrogens with zero attached hydrogens (tertiary/aromatic N) is 4. The standard InChI is InChI=1S/C16H19N5O/c22-16(18-11-13-4-6-17-7-5-13)14-10-15(20-12-19-14)21-8-2-1-3-9-21/h4-7,10,12H,1-3,8-9,11H2,(H,18,22). The number of carbonyl (C=O) groups excluding carboxylic acids is 1. The average Bonchev–Trinajstić information content (AvgIpc) is 2.61. The van der Waals surface area contributed by atoms with Gasteiger partial charge < -0.3 is 10.2 Å². The first-order valence-corrected chi connectivity index (χ1v) is 7.57. The molecule has 2 aromatic rings. The van der Waals surface area contributed by atoms with Gasteiger partial charge in [-0.1, -0.05) is 0 Å². The maximum Gasteiger partial charge on any atom is 0.270 e. The van der Waals surface area contributed by atoms with Gasteiger partial charge in [0.25, 0.3) is 5.91 Å². The van der Waals surface area contributed by atoms with Crippen LogP contribution in [-0.2, 0) is 6.54 Å². The predicted octanol–water partition coefficient (Wildman–Crippen LogP) is 1.79. The number of anilines is 1. The van der Waals surface area contributed by atoms with Gasteiger partial charge in [0.1, 0.15) is 17.8 Å². The van der Waals surface area contributed by atoms with Gasteiger partial charge in [0.05, 0.1) is 0 Å². The number of carbonyl (C=O) groups is 1. The molecule has 22 heavy (non-hydrogen) atoms. The Morgan fingerprint density at radius 2 is 1.91 bits per heavy atom. The minimum atomic E-state index is -0.183. The number of hydrogen-bond donors (Lipinski definition) is 1. The van der Waals surface area contributed by atoms with Crippen LogP contribution in [0.5, 0.6) is 0 Å². The van der Waals surface area contributed by atoms with Gasteiger partial charge in [-0.3, -0.25) is 9.78 Å². The van der Waals surface area contributed by atoms with E-state index in [9.17, 15) is 4.79 Å². The summed E-state index contributed by atoms with van der Waals surface area (Å²) in [4.78, 5) is 26.8. The number of hydrogen-bond acceptors (Lipinski definition) is 5. The summed E-state index contributed by atoms with van der Waals surface area (Å²) < 4.78 is 0. The highest BCUT2D eigenvalue weighted by Crippen LogP contribution is 2.17. The second kappa shape index (κ2) is 6.98. The highest BCUT2D eigenvalue weighted by Gasteiger charge is 2.15. The van der Waals surface area contributed by atoms with E-state index in [-0.39, 0.29) is 5.91 Å². The van der Waals surface area contributed by atoms with Crippen LogP contribution in [0.1, 0.15) is 35.3 Å². The first-order valence-electron chi connectivity index (χ1n) is 7.57. The van der Waals surface area contributed by atoms with Crippen molar-refractivity contribution in [2.45, 2.75) is 25.8 Å². The molecule has 114 valence electrons. The summed E-state index contributed by atoms with van der Waals surface area (Å²) in [5.74, 6) is 0.654. The smallest absolute Gasteiger partial charge is 0.270 e. The van der Waals surface area contributed by atoms with Crippen LogP contribution in [0.25, 0.3) is 0 Å². The van der Waals surface area contributed by atoms with Crippen molar-refractivity contribution in [1.82, 2.24) is 20.3 Å². The number of amides is 1. The van der Waals surface area contributed by atoms with Crippen LogP contribution in [0.2, 0.25) is 0 Å². The molecule has 6 nitrogen and oxygen atoms in total. The maximum absolute atomic E-state index is 12.2. The number of piperidine rings is 1. The Kier molecular flexibility index (Phi) is 4.58. The molecule has 1 aliphatic heterocycles. The summed E-state index contributed by atoms with van der Waals surface area (Å²) in [5, 5.41) is 2.87. The lowest BCUT2D eigenvalue weighted by molar-refractivity contribution is 0.0945. The highest BCUT2D eigenvalue weighted by atomic mass is 16.1. The summed E-state index contributed by atoms with van der Waals surface area (Å²) in [5.41, 5.74) is 1.42. The van der Waals surface area contributed by atoms with Crippen LogP contribution in [0.4, 0.5) is 5.82 Å². The highest BCUT2D eigenvalue weighted by molar-refractivity contribution is 5.92. The summed E-state index contributed by atoms with van der Waals surface area (Å²) >= 11 is 0. The topological polar surface area (TPSA) is 71.0 Å². The molecule has 0 atom stereocenters. The van der Waals surface area contributed by atoms with E-state index >= 15 is 0 Å². The Bertz CT molecular complexity index is 625. The summed E-state index contributed by atoms with van der Waals surface area (Å²) in [6.07, 6.45) is 8.49. The zero-order valence-electron chi connectivity index (χ0n) is 12.4. The zero-order valence-corrected chi connectivity index (χ0v) is 12.4. The van der Waals surface area contributed by atoms with Crippen molar-refractivity contribution >= 4 is 11.7 Å². The molecule has 3 heterocycles. The lowest BCUT2D eigenvalue weighted by Gasteiger charge is -2.27. The molecule has 3 rings (SSSR count). The van der Waals surface area contributed by atoms with Gasteiger partial charge in [-0.25, -0.2) is 9.97 Å². The predicted molar refractivity (Wildman–Crippen MR) is 83.5 cm³/mol. The van der Waals surface area contributed by atoms with E-state index in [0.717, 1.165) is 24.5 Å². The molecule has 2 aromatic heterocycles. The van der Waals surface area contributed by atoms with Gasteiger partial charge in [0.15, 0.2) is 0 Å². The summed E-state index contributed by atoms with van der Waals surface area (Å²) in [7, 11) is 0. The fourth-order valence-electron chi connectivity index (χ4n) is 2.54. The molecular formula is C16H19N5O. The summed E-state index contributed by atoms with van der Waals surface area (Å²) in [6, 6.07) is 5.52. The molecular weight excluding hydrogens is 278 g/mol. The third-order valence-electron chi connectivity index (χ3n) is 3.77. The molecule has 6 heteroatoms. The van der Waals surface area contributed by atoms with Gasteiger partial charge in [-0.2, -0.15) is 0 Å². The number of rotatable bonds is 4. The van der Waals surface area contributed by atoms with Gasteiger partial charge in [-0.15, -0.1) is 0 Å². The fraction of sp³-hybridized carbons (Fsp3) is 0.375. The van der Waals surface area contributed by atoms with Crippen LogP contribution >= 0.6 is 0 Å². The molecule has 0 spiro atoms. The lowest BCUT2D eigenvalue weighted by atomic mass is 10.1. The van der Waals surface area contributed by atoms with Crippen molar-refractivity contribution < 1.29 is 4.79 Å². The number of nitrogens with one attached hydrogen (secondary N) is 1. The van der Waals surface area contributed by atoms with Crippen molar-refractivity contribution in [3.05, 3.63) is 48.2 Å². The van der Waals surface area contributed by atoms with E-state index in [2.05, 4.69) is 25.2 Å². The molecule has 1 saturated heterocycles. The Hall–Kier alpha value is -2.50. The molecule has 0 saturated carbocycles. The molecule has 1 amide bonds. The molecule has 0 aromatic carbocycles. The van der Waals surface area contributed by atoms with Gasteiger partial charge in [0.2, 0.25) is 0 Å². The zero-order chi connectivity index (χ0) is 15.2. The number of aromatic nitrogens is 3. The number of pyridine rings is 1. The average molecular weight is 297 g/mol. The van der Waals surface area contributed by atoms with Crippen molar-refractivity contribution in [2.75, 3.05) is 18.0 Å². The largest absolute Gasteiger partial charge is 0.357 e. The lowest BCUT2D eigenvalue weighted by Crippen LogP contribution is -2.31. The Balaban J connectivity index is 1.64. The molecule has 0 bridgehead atoms. The Labute approximate surface area is 129 Å². The molecule has 0 radical (unpaired) electrons. The van der Waals surface area contributed by atoms with Crippen molar-refractivity contribution in [3.8, 4) is 0 Å². The van der Waals surface area contributed by atoms with Crippen LogP contribution in [0, 0.1) is 0 Å². The van der Waals surface area contributed by atoms with Crippen molar-refractivity contribution in [2.24, 2.45) is 0 Å². The third kappa shape index (κ3) is 3.58. The fourth-order valence-corrected chi connectivity index (χ4v) is 2.54. The molecule has 0 aliphatic carbocycles. The second-order valence-corrected chi connectivity index (χ2v) is 5.35. The second-order valence-electron chi connectivity index (χ2n) is 5.35. The molecule has 1 aliphatic rings. The van der Waals surface area contributed by atoms with E-state index in [1.165, 1.54) is 25.6 Å². The van der Waals surface area contributed by atoms with Crippen LogP contribution in [0.15, 0.2) is 36.9 Å². The van der Waals surface area contributed by atoms with Crippen molar-refractivity contribution in [3.63, 3.8) is 0 Å². The van der Waals surface area contributed by atoms with E-state index in [1.807, 2.05) is 12.1 Å². The van der Waals surface area contributed by atoms with Crippen LogP contribution in [-0.4, -0.2) is 33.9 Å². The quantitative estimate of drug-likeness (QED) is 0.931. The van der Waals surface area contributed by atoms with E-state index in [0.29, 0.717) is 12.2 Å². The molecule has 1 N–H and O–H groups in total. The minimum Gasteiger partial charge on any atom is -0.357 e. The first-order chi connectivity index (χ1) is 10.8. The monoisotopic (exact) mass is 297 g/mol. The van der Waals surface area contributed by atoms with E-state index in [4.69, 9.17) is 0 Å². The van der Waals surface area contributed by atoms with Crippen LogP contribution in [0.3, 0.4) is 0 Å². The van der Waals surface area contributed by atoms with Gasteiger partial charge in [0, 0.05) is 38.1 Å². The molecule has 1 fully saturated rings. The van der Waals surface area contributed by atoms with Gasteiger partial charge >= 0.3 is 0 Å². The Morgan fingerprint density at radius 1 is 1.14 bits per heavy atom. The first kappa shape index (κ1) is 14.4. The minimum absolute atomic E-state index is 0.183. The van der Waals surface area contributed by atoms with Crippen LogP contribution < -0.4 is 10.2 Å². The summed E-state index contributed by atoms with van der Waals surface area (Å²) in [6.45, 7) is 2.45. The van der Waals surface area contributed by atoms with Crippen molar-refractivity contribution in [1.29, 1.82) is 0 Å². The maximum atomic E-state index is 12.2.